The van der Waals surface area contributed by atoms with Crippen molar-refractivity contribution < 1.29 is 9.53 Å². The predicted octanol–water partition coefficient (Wildman–Crippen LogP) is 2.44. The van der Waals surface area contributed by atoms with E-state index in [-0.39, 0.29) is 16.9 Å². The van der Waals surface area contributed by atoms with Gasteiger partial charge in [0.15, 0.2) is 0 Å². The summed E-state index contributed by atoms with van der Waals surface area (Å²) in [5.41, 5.74) is 6.28. The fourth-order valence-electron chi connectivity index (χ4n) is 5.27. The van der Waals surface area contributed by atoms with Crippen LogP contribution in [-0.2, 0) is 9.53 Å². The summed E-state index contributed by atoms with van der Waals surface area (Å²) in [6.45, 7) is 5.10. The maximum absolute atomic E-state index is 12.7. The van der Waals surface area contributed by atoms with E-state index >= 15 is 0 Å². The first-order chi connectivity index (χ1) is 12.2. The molecular weight excluding hydrogens is 314 g/mol. The molecule has 0 spiro atoms. The number of ether oxygens (including phenoxy) is 1. The third-order valence-electron chi connectivity index (χ3n) is 6.96. The fourth-order valence-corrected chi connectivity index (χ4v) is 5.27. The molecule has 144 valence electrons. The highest BCUT2D eigenvalue weighted by Crippen LogP contribution is 2.38. The monoisotopic (exact) mass is 351 g/mol. The zero-order valence-corrected chi connectivity index (χ0v) is 15.9. The molecule has 2 saturated carbocycles. The van der Waals surface area contributed by atoms with E-state index in [1.54, 1.807) is 0 Å². The van der Waals surface area contributed by atoms with Gasteiger partial charge in [-0.05, 0) is 37.6 Å². The quantitative estimate of drug-likeness (QED) is 0.771. The Balaban J connectivity index is 1.57. The van der Waals surface area contributed by atoms with E-state index in [1.807, 2.05) is 0 Å². The molecule has 0 atom stereocenters. The smallest absolute Gasteiger partial charge is 0.220 e. The van der Waals surface area contributed by atoms with Crippen molar-refractivity contribution in [1.29, 1.82) is 0 Å². The van der Waals surface area contributed by atoms with Crippen LogP contribution < -0.4 is 11.1 Å². The molecule has 0 aromatic heterocycles. The van der Waals surface area contributed by atoms with E-state index in [0.29, 0.717) is 13.0 Å². The molecule has 0 bridgehead atoms. The third-order valence-corrected chi connectivity index (χ3v) is 6.96. The molecule has 0 radical (unpaired) electrons. The fraction of sp³-hybridized carbons (Fsp3) is 0.950. The maximum Gasteiger partial charge on any atom is 0.220 e. The van der Waals surface area contributed by atoms with E-state index in [9.17, 15) is 4.79 Å². The number of morpholine rings is 1. The first kappa shape index (κ1) is 19.1. The van der Waals surface area contributed by atoms with E-state index < -0.39 is 0 Å². The number of carbonyl (C=O) groups is 1. The predicted molar refractivity (Wildman–Crippen MR) is 100 cm³/mol. The summed E-state index contributed by atoms with van der Waals surface area (Å²) in [4.78, 5) is 15.3. The van der Waals surface area contributed by atoms with Crippen LogP contribution in [0.25, 0.3) is 0 Å². The molecule has 3 N–H and O–H groups in total. The summed E-state index contributed by atoms with van der Waals surface area (Å²) in [6.07, 6.45) is 12.9. The molecule has 5 heteroatoms. The number of nitrogens with zero attached hydrogens (tertiary/aromatic N) is 1. The van der Waals surface area contributed by atoms with Crippen molar-refractivity contribution in [3.8, 4) is 0 Å². The number of amides is 1. The van der Waals surface area contributed by atoms with E-state index in [4.69, 9.17) is 10.5 Å². The van der Waals surface area contributed by atoms with Crippen LogP contribution >= 0.6 is 0 Å². The molecule has 1 saturated heterocycles. The normalized spacial score (nSPS) is 26.9. The summed E-state index contributed by atoms with van der Waals surface area (Å²) >= 11 is 0. The highest BCUT2D eigenvalue weighted by molar-refractivity contribution is 5.76. The first-order valence-electron chi connectivity index (χ1n) is 10.5. The number of hydrogen-bond acceptors (Lipinski definition) is 4. The van der Waals surface area contributed by atoms with Crippen LogP contribution in [0.5, 0.6) is 0 Å². The average molecular weight is 352 g/mol. The van der Waals surface area contributed by atoms with Crippen LogP contribution in [0.3, 0.4) is 0 Å². The minimum absolute atomic E-state index is 0.0566. The van der Waals surface area contributed by atoms with Gasteiger partial charge in [0.05, 0.1) is 13.2 Å². The summed E-state index contributed by atoms with van der Waals surface area (Å²) in [5.74, 6) is 0.213. The average Bonchev–Trinajstić information content (AvgIpc) is 2.68. The zero-order valence-electron chi connectivity index (χ0n) is 15.9. The van der Waals surface area contributed by atoms with Crippen molar-refractivity contribution in [2.75, 3.05) is 39.4 Å². The SMILES string of the molecule is NCC1(CC(=O)NCC2(N3CCOCC3)CCCCC2)CCCCC1. The molecule has 3 fully saturated rings. The van der Waals surface area contributed by atoms with Gasteiger partial charge < -0.3 is 15.8 Å². The highest BCUT2D eigenvalue weighted by Gasteiger charge is 2.39. The van der Waals surface area contributed by atoms with Crippen LogP contribution in [0.1, 0.15) is 70.6 Å². The van der Waals surface area contributed by atoms with E-state index in [0.717, 1.165) is 45.7 Å². The van der Waals surface area contributed by atoms with E-state index in [1.165, 1.54) is 51.4 Å². The summed E-state index contributed by atoms with van der Waals surface area (Å²) in [5, 5.41) is 3.32. The topological polar surface area (TPSA) is 67.6 Å². The van der Waals surface area contributed by atoms with Gasteiger partial charge in [0.1, 0.15) is 0 Å². The van der Waals surface area contributed by atoms with Gasteiger partial charge in [0.25, 0.3) is 0 Å². The minimum Gasteiger partial charge on any atom is -0.379 e. The lowest BCUT2D eigenvalue weighted by atomic mass is 9.71. The van der Waals surface area contributed by atoms with Crippen molar-refractivity contribution in [1.82, 2.24) is 10.2 Å². The number of nitrogens with one attached hydrogen (secondary N) is 1. The maximum atomic E-state index is 12.7. The molecule has 0 aromatic rings. The van der Waals surface area contributed by atoms with Gasteiger partial charge in [-0.3, -0.25) is 9.69 Å². The van der Waals surface area contributed by atoms with E-state index in [2.05, 4.69) is 10.2 Å². The lowest BCUT2D eigenvalue weighted by Crippen LogP contribution is -2.59. The lowest BCUT2D eigenvalue weighted by Gasteiger charge is -2.48. The van der Waals surface area contributed by atoms with Gasteiger partial charge >= 0.3 is 0 Å². The largest absolute Gasteiger partial charge is 0.379 e. The second kappa shape index (κ2) is 8.83. The van der Waals surface area contributed by atoms with Gasteiger partial charge in [0.2, 0.25) is 5.91 Å². The standard InChI is InChI=1S/C20H37N3O2/c21-16-19(7-3-1-4-8-19)15-18(24)22-17-20(9-5-2-6-10-20)23-11-13-25-14-12-23/h1-17,21H2,(H,22,24). The molecule has 1 aliphatic heterocycles. The molecule has 25 heavy (non-hydrogen) atoms. The summed E-state index contributed by atoms with van der Waals surface area (Å²) in [6, 6.07) is 0. The van der Waals surface area contributed by atoms with Crippen LogP contribution in [0.4, 0.5) is 0 Å². The third kappa shape index (κ3) is 4.75. The Labute approximate surface area is 153 Å². The molecular formula is C20H37N3O2. The Kier molecular flexibility index (Phi) is 6.75. The summed E-state index contributed by atoms with van der Waals surface area (Å²) in [7, 11) is 0. The number of carbonyl (C=O) groups excluding carboxylic acids is 1. The van der Waals surface area contributed by atoms with Crippen LogP contribution in [0.2, 0.25) is 0 Å². The molecule has 0 aromatic carbocycles. The van der Waals surface area contributed by atoms with Crippen LogP contribution in [0, 0.1) is 5.41 Å². The second-order valence-corrected chi connectivity index (χ2v) is 8.60. The molecule has 1 heterocycles. The van der Waals surface area contributed by atoms with Crippen LogP contribution in [0.15, 0.2) is 0 Å². The highest BCUT2D eigenvalue weighted by atomic mass is 16.5. The Morgan fingerprint density at radius 1 is 0.960 bits per heavy atom. The van der Waals surface area contributed by atoms with Crippen molar-refractivity contribution in [3.05, 3.63) is 0 Å². The number of nitrogens with two attached hydrogens (primary N) is 1. The second-order valence-electron chi connectivity index (χ2n) is 8.60. The Bertz CT molecular complexity index is 423. The van der Waals surface area contributed by atoms with Gasteiger partial charge in [-0.2, -0.15) is 0 Å². The van der Waals surface area contributed by atoms with Gasteiger partial charge in [-0.1, -0.05) is 38.5 Å². The lowest BCUT2D eigenvalue weighted by molar-refractivity contribution is -0.125. The molecule has 5 nitrogen and oxygen atoms in total. The zero-order chi connectivity index (χ0) is 17.6. The molecule has 3 rings (SSSR count). The van der Waals surface area contributed by atoms with Crippen molar-refractivity contribution >= 4 is 5.91 Å². The van der Waals surface area contributed by atoms with Gasteiger partial charge in [-0.15, -0.1) is 0 Å². The number of hydrogen-bond donors (Lipinski definition) is 2. The molecule has 1 amide bonds. The molecule has 3 aliphatic rings. The van der Waals surface area contributed by atoms with Gasteiger partial charge in [0, 0.05) is 31.6 Å². The Morgan fingerprint density at radius 2 is 1.56 bits per heavy atom. The first-order valence-corrected chi connectivity index (χ1v) is 10.5. The van der Waals surface area contributed by atoms with Crippen LogP contribution in [-0.4, -0.2) is 55.7 Å². The minimum atomic E-state index is 0.0566. The number of rotatable bonds is 6. The van der Waals surface area contributed by atoms with Gasteiger partial charge in [-0.25, -0.2) is 0 Å². The van der Waals surface area contributed by atoms with Crippen molar-refractivity contribution in [2.24, 2.45) is 11.1 Å². The molecule has 2 aliphatic carbocycles. The van der Waals surface area contributed by atoms with Crippen molar-refractivity contribution in [3.63, 3.8) is 0 Å². The summed E-state index contributed by atoms with van der Waals surface area (Å²) < 4.78 is 5.55. The Hall–Kier alpha value is -0.650. The Morgan fingerprint density at radius 3 is 2.16 bits per heavy atom. The van der Waals surface area contributed by atoms with Crippen molar-refractivity contribution in [2.45, 2.75) is 76.2 Å². The molecule has 0 unspecified atom stereocenters.